The molecule has 1 N–H and O–H groups in total. The summed E-state index contributed by atoms with van der Waals surface area (Å²) in [5, 5.41) is 3.37. The first-order valence-electron chi connectivity index (χ1n) is 4.77. The van der Waals surface area contributed by atoms with Gasteiger partial charge in [0.25, 0.3) is 0 Å². The van der Waals surface area contributed by atoms with Gasteiger partial charge in [-0.25, -0.2) is 0 Å². The van der Waals surface area contributed by atoms with Gasteiger partial charge in [0.15, 0.2) is 0 Å². The Morgan fingerprint density at radius 1 is 1.47 bits per heavy atom. The molecule has 1 rings (SSSR count). The molecule has 82 valence electrons. The minimum atomic E-state index is 0.0251. The summed E-state index contributed by atoms with van der Waals surface area (Å²) in [6, 6.07) is 7.25. The van der Waals surface area contributed by atoms with Crippen molar-refractivity contribution in [3.63, 3.8) is 0 Å². The van der Waals surface area contributed by atoms with Crippen molar-refractivity contribution in [1.29, 1.82) is 0 Å². The second-order valence-electron chi connectivity index (χ2n) is 3.12. The molecule has 0 aliphatic rings. The SMILES string of the molecule is CSCCCC(=O)Nc1ccccc1Cl. The van der Waals surface area contributed by atoms with E-state index in [1.165, 1.54) is 0 Å². The minimum absolute atomic E-state index is 0.0251. The molecule has 0 heterocycles. The lowest BCUT2D eigenvalue weighted by molar-refractivity contribution is -0.116. The summed E-state index contributed by atoms with van der Waals surface area (Å²) in [5.41, 5.74) is 0.688. The lowest BCUT2D eigenvalue weighted by Crippen LogP contribution is -2.11. The highest BCUT2D eigenvalue weighted by Crippen LogP contribution is 2.20. The molecular weight excluding hydrogens is 230 g/mol. The van der Waals surface area contributed by atoms with Gasteiger partial charge in [-0.2, -0.15) is 11.8 Å². The van der Waals surface area contributed by atoms with Gasteiger partial charge in [-0.3, -0.25) is 4.79 Å². The van der Waals surface area contributed by atoms with Crippen LogP contribution >= 0.6 is 23.4 Å². The molecule has 1 aromatic carbocycles. The molecule has 1 aromatic rings. The second-order valence-corrected chi connectivity index (χ2v) is 4.52. The van der Waals surface area contributed by atoms with E-state index >= 15 is 0 Å². The van der Waals surface area contributed by atoms with Crippen LogP contribution in [0.5, 0.6) is 0 Å². The number of benzene rings is 1. The number of carbonyl (C=O) groups is 1. The Morgan fingerprint density at radius 2 is 2.20 bits per heavy atom. The van der Waals surface area contributed by atoms with Crippen molar-refractivity contribution in [2.45, 2.75) is 12.8 Å². The first-order chi connectivity index (χ1) is 7.24. The first kappa shape index (κ1) is 12.4. The molecule has 2 nitrogen and oxygen atoms in total. The number of anilines is 1. The number of rotatable bonds is 5. The summed E-state index contributed by atoms with van der Waals surface area (Å²) in [7, 11) is 0. The zero-order chi connectivity index (χ0) is 11.1. The molecule has 1 amide bonds. The fourth-order valence-corrected chi connectivity index (χ4v) is 1.77. The fraction of sp³-hybridized carbons (Fsp3) is 0.364. The van der Waals surface area contributed by atoms with Crippen LogP contribution in [0.25, 0.3) is 0 Å². The summed E-state index contributed by atoms with van der Waals surface area (Å²) in [6.07, 6.45) is 3.48. The third kappa shape index (κ3) is 4.58. The van der Waals surface area contributed by atoms with Gasteiger partial charge in [0, 0.05) is 6.42 Å². The van der Waals surface area contributed by atoms with E-state index in [0.717, 1.165) is 12.2 Å². The predicted octanol–water partition coefficient (Wildman–Crippen LogP) is 3.42. The Kier molecular flexibility index (Phi) is 5.58. The van der Waals surface area contributed by atoms with Gasteiger partial charge in [0.1, 0.15) is 0 Å². The number of amides is 1. The Bertz CT molecular complexity index is 330. The average molecular weight is 244 g/mol. The molecule has 0 aliphatic carbocycles. The molecule has 0 fully saturated rings. The largest absolute Gasteiger partial charge is 0.325 e. The Morgan fingerprint density at radius 3 is 2.87 bits per heavy atom. The van der Waals surface area contributed by atoms with Crippen LogP contribution in [0.15, 0.2) is 24.3 Å². The summed E-state index contributed by atoms with van der Waals surface area (Å²) >= 11 is 7.66. The summed E-state index contributed by atoms with van der Waals surface area (Å²) < 4.78 is 0. The molecule has 0 radical (unpaired) electrons. The van der Waals surface area contributed by atoms with Crippen LogP contribution in [0.3, 0.4) is 0 Å². The average Bonchev–Trinajstić information content (AvgIpc) is 2.22. The molecule has 0 spiro atoms. The van der Waals surface area contributed by atoms with Crippen LogP contribution in [0.4, 0.5) is 5.69 Å². The highest BCUT2D eigenvalue weighted by Gasteiger charge is 2.04. The minimum Gasteiger partial charge on any atom is -0.325 e. The van der Waals surface area contributed by atoms with Crippen LogP contribution in [0.2, 0.25) is 5.02 Å². The second kappa shape index (κ2) is 6.75. The first-order valence-corrected chi connectivity index (χ1v) is 6.54. The number of halogens is 1. The van der Waals surface area contributed by atoms with Crippen molar-refractivity contribution in [2.75, 3.05) is 17.3 Å². The maximum absolute atomic E-state index is 11.5. The molecule has 0 aromatic heterocycles. The van der Waals surface area contributed by atoms with E-state index in [4.69, 9.17) is 11.6 Å². The van der Waals surface area contributed by atoms with Gasteiger partial charge >= 0.3 is 0 Å². The molecule has 0 bridgehead atoms. The van der Waals surface area contributed by atoms with E-state index in [1.54, 1.807) is 23.9 Å². The monoisotopic (exact) mass is 243 g/mol. The lowest BCUT2D eigenvalue weighted by atomic mass is 10.3. The molecular formula is C11H14ClNOS. The Hall–Kier alpha value is -0.670. The highest BCUT2D eigenvalue weighted by molar-refractivity contribution is 7.98. The molecule has 0 unspecified atom stereocenters. The number of hydrogen-bond donors (Lipinski definition) is 1. The van der Waals surface area contributed by atoms with Gasteiger partial charge in [0.2, 0.25) is 5.91 Å². The molecule has 4 heteroatoms. The number of nitrogens with one attached hydrogen (secondary N) is 1. The zero-order valence-corrected chi connectivity index (χ0v) is 10.2. The lowest BCUT2D eigenvalue weighted by Gasteiger charge is -2.06. The molecule has 0 aliphatic heterocycles. The normalized spacial score (nSPS) is 10.0. The topological polar surface area (TPSA) is 29.1 Å². The molecule has 0 atom stereocenters. The van der Waals surface area contributed by atoms with Gasteiger partial charge in [-0.1, -0.05) is 23.7 Å². The van der Waals surface area contributed by atoms with E-state index < -0.39 is 0 Å². The quantitative estimate of drug-likeness (QED) is 0.803. The van der Waals surface area contributed by atoms with Crippen molar-refractivity contribution in [1.82, 2.24) is 0 Å². The number of para-hydroxylation sites is 1. The van der Waals surface area contributed by atoms with Crippen LogP contribution in [0, 0.1) is 0 Å². The Balaban J connectivity index is 2.41. The fourth-order valence-electron chi connectivity index (χ4n) is 1.15. The van der Waals surface area contributed by atoms with Gasteiger partial charge in [0.05, 0.1) is 10.7 Å². The van der Waals surface area contributed by atoms with E-state index in [0.29, 0.717) is 17.1 Å². The van der Waals surface area contributed by atoms with E-state index in [1.807, 2.05) is 18.4 Å². The van der Waals surface area contributed by atoms with Crippen molar-refractivity contribution < 1.29 is 4.79 Å². The molecule has 0 saturated carbocycles. The van der Waals surface area contributed by atoms with Gasteiger partial charge in [-0.15, -0.1) is 0 Å². The third-order valence-electron chi connectivity index (χ3n) is 1.90. The Labute approximate surface area is 99.4 Å². The molecule has 15 heavy (non-hydrogen) atoms. The zero-order valence-electron chi connectivity index (χ0n) is 8.63. The number of carbonyl (C=O) groups excluding carboxylic acids is 1. The van der Waals surface area contributed by atoms with Crippen LogP contribution < -0.4 is 5.32 Å². The van der Waals surface area contributed by atoms with E-state index in [2.05, 4.69) is 5.32 Å². The van der Waals surface area contributed by atoms with Crippen LogP contribution in [-0.4, -0.2) is 17.9 Å². The van der Waals surface area contributed by atoms with Gasteiger partial charge < -0.3 is 5.32 Å². The van der Waals surface area contributed by atoms with Gasteiger partial charge in [-0.05, 0) is 30.6 Å². The molecule has 0 saturated heterocycles. The smallest absolute Gasteiger partial charge is 0.224 e. The summed E-state index contributed by atoms with van der Waals surface area (Å²) in [5.74, 6) is 1.04. The van der Waals surface area contributed by atoms with Crippen molar-refractivity contribution in [2.24, 2.45) is 0 Å². The van der Waals surface area contributed by atoms with Crippen molar-refractivity contribution in [3.05, 3.63) is 29.3 Å². The number of thioether (sulfide) groups is 1. The maximum atomic E-state index is 11.5. The van der Waals surface area contributed by atoms with Crippen LogP contribution in [-0.2, 0) is 4.79 Å². The maximum Gasteiger partial charge on any atom is 0.224 e. The van der Waals surface area contributed by atoms with Crippen molar-refractivity contribution >= 4 is 35.0 Å². The predicted molar refractivity (Wildman–Crippen MR) is 67.7 cm³/mol. The summed E-state index contributed by atoms with van der Waals surface area (Å²) in [4.78, 5) is 11.5. The standard InChI is InChI=1S/C11H14ClNOS/c1-15-8-4-7-11(14)13-10-6-3-2-5-9(10)12/h2-3,5-6H,4,7-8H2,1H3,(H,13,14). The van der Waals surface area contributed by atoms with E-state index in [9.17, 15) is 4.79 Å². The van der Waals surface area contributed by atoms with E-state index in [-0.39, 0.29) is 5.91 Å². The van der Waals surface area contributed by atoms with Crippen LogP contribution in [0.1, 0.15) is 12.8 Å². The van der Waals surface area contributed by atoms with Crippen molar-refractivity contribution in [3.8, 4) is 0 Å². The summed E-state index contributed by atoms with van der Waals surface area (Å²) in [6.45, 7) is 0. The highest BCUT2D eigenvalue weighted by atomic mass is 35.5. The number of hydrogen-bond acceptors (Lipinski definition) is 2. The third-order valence-corrected chi connectivity index (χ3v) is 2.93.